The summed E-state index contributed by atoms with van der Waals surface area (Å²) in [4.78, 5) is 31.5. The first kappa shape index (κ1) is 24.6. The molecule has 152 valence electrons. The van der Waals surface area contributed by atoms with Crippen LogP contribution in [-0.4, -0.2) is 51.9 Å². The van der Waals surface area contributed by atoms with Crippen LogP contribution >= 0.6 is 0 Å². The predicted octanol–water partition coefficient (Wildman–Crippen LogP) is 1.58. The summed E-state index contributed by atoms with van der Waals surface area (Å²) < 4.78 is 0. The van der Waals surface area contributed by atoms with Crippen LogP contribution in [-0.2, 0) is 20.8 Å². The van der Waals surface area contributed by atoms with E-state index in [0.717, 1.165) is 12.0 Å². The zero-order valence-electron chi connectivity index (χ0n) is 15.8. The lowest BCUT2D eigenvalue weighted by Gasteiger charge is -2.13. The van der Waals surface area contributed by atoms with Gasteiger partial charge in [0, 0.05) is 6.54 Å². The molecule has 8 heteroatoms. The number of benzene rings is 1. The lowest BCUT2D eigenvalue weighted by molar-refractivity contribution is -0.141. The summed E-state index contributed by atoms with van der Waals surface area (Å²) in [6.07, 6.45) is 1.83. The number of aliphatic carboxylic acids is 3. The summed E-state index contributed by atoms with van der Waals surface area (Å²) in [5.74, 6) is -2.72. The molecule has 27 heavy (non-hydrogen) atoms. The van der Waals surface area contributed by atoms with E-state index in [4.69, 9.17) is 21.1 Å². The zero-order chi connectivity index (χ0) is 20.8. The minimum absolute atomic E-state index is 0.0718. The number of carboxylic acid groups (broad SMARTS) is 3. The van der Waals surface area contributed by atoms with Crippen molar-refractivity contribution in [1.29, 1.82) is 0 Å². The summed E-state index contributed by atoms with van der Waals surface area (Å²) in [5, 5.41) is 28.6. The molecule has 0 radical (unpaired) electrons. The van der Waals surface area contributed by atoms with Crippen LogP contribution in [0.25, 0.3) is 0 Å². The molecule has 0 aliphatic carbocycles. The highest BCUT2D eigenvalue weighted by atomic mass is 16.4. The molecule has 8 nitrogen and oxygen atoms in total. The van der Waals surface area contributed by atoms with E-state index in [1.165, 1.54) is 0 Å². The van der Waals surface area contributed by atoms with Crippen LogP contribution in [0.3, 0.4) is 0 Å². The Morgan fingerprint density at radius 1 is 1.07 bits per heavy atom. The van der Waals surface area contributed by atoms with Crippen molar-refractivity contribution in [2.45, 2.75) is 51.6 Å². The van der Waals surface area contributed by atoms with Crippen molar-refractivity contribution >= 4 is 17.9 Å². The number of rotatable bonds is 11. The summed E-state index contributed by atoms with van der Waals surface area (Å²) in [6.45, 7) is 3.92. The second kappa shape index (κ2) is 13.7. The maximum atomic E-state index is 11.0. The number of carboxylic acids is 3. The number of aryl methyl sites for hydroxylation is 1. The fourth-order valence-electron chi connectivity index (χ4n) is 2.12. The number of nitrogens with one attached hydrogen (secondary N) is 1. The Morgan fingerprint density at radius 3 is 2.07 bits per heavy atom. The van der Waals surface area contributed by atoms with Crippen molar-refractivity contribution in [3.8, 4) is 0 Å². The standard InChI is InChI=1S/C13H17NO4.C6H13NO2/c15-12(16)8-9-14-11(13(17)18)7-6-10-4-2-1-3-5-10;1-3-4(2)5(7)6(8)9/h1-5,11,14H,6-9H2,(H,15,16)(H,17,18);4-5H,3,7H2,1-2H3,(H,8,9)/t11-;4-,5-/m10/s1. The maximum absolute atomic E-state index is 11.0. The molecular weight excluding hydrogens is 352 g/mol. The average molecular weight is 382 g/mol. The third-order valence-electron chi connectivity index (χ3n) is 4.13. The van der Waals surface area contributed by atoms with Crippen molar-refractivity contribution in [1.82, 2.24) is 5.32 Å². The van der Waals surface area contributed by atoms with Gasteiger partial charge in [0.2, 0.25) is 0 Å². The van der Waals surface area contributed by atoms with Gasteiger partial charge in [-0.15, -0.1) is 0 Å². The lowest BCUT2D eigenvalue weighted by Crippen LogP contribution is -2.38. The lowest BCUT2D eigenvalue weighted by atomic mass is 10.0. The van der Waals surface area contributed by atoms with Gasteiger partial charge in [0.15, 0.2) is 0 Å². The van der Waals surface area contributed by atoms with Crippen LogP contribution in [0.4, 0.5) is 0 Å². The van der Waals surface area contributed by atoms with Gasteiger partial charge in [-0.2, -0.15) is 0 Å². The fraction of sp³-hybridized carbons (Fsp3) is 0.526. The highest BCUT2D eigenvalue weighted by Gasteiger charge is 2.17. The van der Waals surface area contributed by atoms with E-state index in [2.05, 4.69) is 5.32 Å². The van der Waals surface area contributed by atoms with Crippen molar-refractivity contribution in [2.24, 2.45) is 11.7 Å². The van der Waals surface area contributed by atoms with E-state index in [-0.39, 0.29) is 18.9 Å². The van der Waals surface area contributed by atoms with Crippen molar-refractivity contribution in [2.75, 3.05) is 6.54 Å². The Labute approximate surface area is 159 Å². The monoisotopic (exact) mass is 382 g/mol. The van der Waals surface area contributed by atoms with Crippen molar-refractivity contribution < 1.29 is 29.7 Å². The van der Waals surface area contributed by atoms with Crippen molar-refractivity contribution in [3.05, 3.63) is 35.9 Å². The van der Waals surface area contributed by atoms with Crippen LogP contribution in [0.2, 0.25) is 0 Å². The number of nitrogens with two attached hydrogens (primary N) is 1. The molecule has 1 rings (SSSR count). The van der Waals surface area contributed by atoms with Gasteiger partial charge in [-0.1, -0.05) is 50.6 Å². The van der Waals surface area contributed by atoms with Gasteiger partial charge in [-0.05, 0) is 24.3 Å². The van der Waals surface area contributed by atoms with Gasteiger partial charge in [0.1, 0.15) is 12.1 Å². The minimum atomic E-state index is -0.948. The smallest absolute Gasteiger partial charge is 0.320 e. The first-order valence-electron chi connectivity index (χ1n) is 8.89. The molecule has 3 atom stereocenters. The highest BCUT2D eigenvalue weighted by Crippen LogP contribution is 2.05. The summed E-state index contributed by atoms with van der Waals surface area (Å²) in [6, 6.07) is 8.20. The predicted molar refractivity (Wildman–Crippen MR) is 102 cm³/mol. The number of hydrogen-bond donors (Lipinski definition) is 5. The topological polar surface area (TPSA) is 150 Å². The van der Waals surface area contributed by atoms with E-state index < -0.39 is 30.0 Å². The molecule has 0 fully saturated rings. The third-order valence-corrected chi connectivity index (χ3v) is 4.13. The van der Waals surface area contributed by atoms with Gasteiger partial charge in [0.25, 0.3) is 0 Å². The highest BCUT2D eigenvalue weighted by molar-refractivity contribution is 5.74. The van der Waals surface area contributed by atoms with Crippen LogP contribution in [0.15, 0.2) is 30.3 Å². The molecule has 0 aliphatic heterocycles. The molecule has 6 N–H and O–H groups in total. The Balaban J connectivity index is 0.000000636. The molecule has 0 saturated heterocycles. The molecule has 0 bridgehead atoms. The number of carbonyl (C=O) groups is 3. The Morgan fingerprint density at radius 2 is 1.67 bits per heavy atom. The molecule has 0 aromatic heterocycles. The summed E-state index contributed by atoms with van der Waals surface area (Å²) in [5.41, 5.74) is 6.34. The average Bonchev–Trinajstić information content (AvgIpc) is 2.63. The van der Waals surface area contributed by atoms with Gasteiger partial charge >= 0.3 is 17.9 Å². The summed E-state index contributed by atoms with van der Waals surface area (Å²) in [7, 11) is 0. The number of hydrogen-bond acceptors (Lipinski definition) is 5. The first-order valence-corrected chi connectivity index (χ1v) is 8.89. The molecular formula is C19H30N2O6. The first-order chi connectivity index (χ1) is 12.7. The Hall–Kier alpha value is -2.45. The zero-order valence-corrected chi connectivity index (χ0v) is 15.8. The van der Waals surface area contributed by atoms with Crippen LogP contribution in [0, 0.1) is 5.92 Å². The van der Waals surface area contributed by atoms with Crippen molar-refractivity contribution in [3.63, 3.8) is 0 Å². The molecule has 0 unspecified atom stereocenters. The van der Waals surface area contributed by atoms with Gasteiger partial charge in [-0.3, -0.25) is 14.4 Å². The third kappa shape index (κ3) is 11.7. The maximum Gasteiger partial charge on any atom is 0.320 e. The van der Waals surface area contributed by atoms with E-state index in [1.807, 2.05) is 44.2 Å². The summed E-state index contributed by atoms with van der Waals surface area (Å²) >= 11 is 0. The van der Waals surface area contributed by atoms with Crippen LogP contribution in [0.1, 0.15) is 38.7 Å². The van der Waals surface area contributed by atoms with Crippen LogP contribution < -0.4 is 11.1 Å². The van der Waals surface area contributed by atoms with E-state index in [0.29, 0.717) is 12.8 Å². The quantitative estimate of drug-likeness (QED) is 0.387. The minimum Gasteiger partial charge on any atom is -0.481 e. The molecule has 0 aliphatic rings. The van der Waals surface area contributed by atoms with E-state index in [9.17, 15) is 14.4 Å². The Kier molecular flexibility index (Phi) is 12.5. The van der Waals surface area contributed by atoms with E-state index in [1.54, 1.807) is 0 Å². The molecule has 0 saturated carbocycles. The largest absolute Gasteiger partial charge is 0.481 e. The molecule has 0 spiro atoms. The van der Waals surface area contributed by atoms with Crippen LogP contribution in [0.5, 0.6) is 0 Å². The SMILES string of the molecule is CC[C@H](C)[C@H](N)C(=O)O.O=C(O)CCN[C@H](CCc1ccccc1)C(=O)O. The molecule has 0 heterocycles. The second-order valence-electron chi connectivity index (χ2n) is 6.26. The normalized spacial score (nSPS) is 13.6. The molecule has 1 aromatic carbocycles. The molecule has 0 amide bonds. The van der Waals surface area contributed by atoms with Gasteiger partial charge < -0.3 is 26.4 Å². The van der Waals surface area contributed by atoms with Gasteiger partial charge in [0.05, 0.1) is 6.42 Å². The van der Waals surface area contributed by atoms with E-state index >= 15 is 0 Å². The fourth-order valence-corrected chi connectivity index (χ4v) is 2.12. The Bertz CT molecular complexity index is 579. The second-order valence-corrected chi connectivity index (χ2v) is 6.26. The molecule has 1 aromatic rings. The van der Waals surface area contributed by atoms with Gasteiger partial charge in [-0.25, -0.2) is 0 Å².